The number of piperazine rings is 1. The van der Waals surface area contributed by atoms with Crippen LogP contribution in [-0.2, 0) is 0 Å². The van der Waals surface area contributed by atoms with Gasteiger partial charge in [0, 0.05) is 52.4 Å². The molecule has 0 aromatic rings. The number of nitrogens with one attached hydrogen (secondary N) is 3. The second kappa shape index (κ2) is 6.70. The van der Waals surface area contributed by atoms with Gasteiger partial charge in [-0.15, -0.1) is 0 Å². The summed E-state index contributed by atoms with van der Waals surface area (Å²) in [6.07, 6.45) is 5.61. The molecule has 0 bridgehead atoms. The molecule has 124 valence electrons. The Hall–Kier alpha value is -0.890. The standard InChI is InChI=1S/C15H29N7/c1-2-8-20(7-1)13-17-14(21-9-3-4-10-21)19-15(18-13)22-11-5-16-6-12-22/h13-14,16-17H,1-12H2,(H,18,19). The van der Waals surface area contributed by atoms with Crippen LogP contribution in [0.15, 0.2) is 4.99 Å². The van der Waals surface area contributed by atoms with Crippen molar-refractivity contribution >= 4 is 5.96 Å². The quantitative estimate of drug-likeness (QED) is 0.621. The molecule has 4 aliphatic heterocycles. The highest BCUT2D eigenvalue weighted by molar-refractivity contribution is 5.81. The van der Waals surface area contributed by atoms with Crippen molar-refractivity contribution in [1.82, 2.24) is 30.7 Å². The maximum Gasteiger partial charge on any atom is 0.199 e. The molecule has 22 heavy (non-hydrogen) atoms. The Balaban J connectivity index is 1.50. The van der Waals surface area contributed by atoms with Crippen LogP contribution in [0.2, 0.25) is 0 Å². The average molecular weight is 307 g/mol. The topological polar surface area (TPSA) is 58.2 Å². The lowest BCUT2D eigenvalue weighted by molar-refractivity contribution is 0.0958. The number of likely N-dealkylation sites (tertiary alicyclic amines) is 2. The number of aliphatic imine (C=N–C) groups is 1. The molecule has 4 rings (SSSR count). The van der Waals surface area contributed by atoms with Crippen LogP contribution in [0, 0.1) is 0 Å². The SMILES string of the molecule is C1CCN(C2N=C(N3CCNCC3)NC(N3CCCC3)N2)C1. The van der Waals surface area contributed by atoms with Gasteiger partial charge in [0.05, 0.1) is 0 Å². The summed E-state index contributed by atoms with van der Waals surface area (Å²) in [4.78, 5) is 12.4. The van der Waals surface area contributed by atoms with E-state index < -0.39 is 0 Å². The van der Waals surface area contributed by atoms with Gasteiger partial charge >= 0.3 is 0 Å². The van der Waals surface area contributed by atoms with Gasteiger partial charge in [-0.3, -0.25) is 9.80 Å². The van der Waals surface area contributed by atoms with Crippen molar-refractivity contribution in [1.29, 1.82) is 0 Å². The van der Waals surface area contributed by atoms with Crippen molar-refractivity contribution in [2.45, 2.75) is 38.3 Å². The van der Waals surface area contributed by atoms with Gasteiger partial charge in [0.2, 0.25) is 0 Å². The molecule has 7 heteroatoms. The first kappa shape index (κ1) is 14.7. The Morgan fingerprint density at radius 2 is 1.45 bits per heavy atom. The molecule has 2 atom stereocenters. The van der Waals surface area contributed by atoms with Crippen molar-refractivity contribution in [3.8, 4) is 0 Å². The Labute approximate surface area is 133 Å². The fourth-order valence-corrected chi connectivity index (χ4v) is 3.91. The van der Waals surface area contributed by atoms with Crippen LogP contribution in [-0.4, -0.2) is 85.6 Å². The first-order valence-electron chi connectivity index (χ1n) is 8.94. The lowest BCUT2D eigenvalue weighted by Gasteiger charge is -2.42. The van der Waals surface area contributed by atoms with Gasteiger partial charge in [-0.1, -0.05) is 0 Å². The summed E-state index contributed by atoms with van der Waals surface area (Å²) in [6, 6.07) is 0. The summed E-state index contributed by atoms with van der Waals surface area (Å²) < 4.78 is 0. The van der Waals surface area contributed by atoms with Crippen molar-refractivity contribution in [3.63, 3.8) is 0 Å². The molecule has 0 spiro atoms. The fraction of sp³-hybridized carbons (Fsp3) is 0.933. The zero-order valence-corrected chi connectivity index (χ0v) is 13.4. The first-order chi connectivity index (χ1) is 10.9. The van der Waals surface area contributed by atoms with Crippen LogP contribution in [0.1, 0.15) is 25.7 Å². The van der Waals surface area contributed by atoms with Crippen LogP contribution in [0.25, 0.3) is 0 Å². The van der Waals surface area contributed by atoms with Crippen molar-refractivity contribution < 1.29 is 0 Å². The van der Waals surface area contributed by atoms with Gasteiger partial charge in [0.1, 0.15) is 6.29 Å². The van der Waals surface area contributed by atoms with Crippen LogP contribution >= 0.6 is 0 Å². The molecule has 4 heterocycles. The summed E-state index contributed by atoms with van der Waals surface area (Å²) in [7, 11) is 0. The van der Waals surface area contributed by atoms with Crippen LogP contribution in [0.3, 0.4) is 0 Å². The monoisotopic (exact) mass is 307 g/mol. The minimum absolute atomic E-state index is 0.138. The molecule has 3 saturated heterocycles. The van der Waals surface area contributed by atoms with Crippen molar-refractivity contribution in [3.05, 3.63) is 0 Å². The molecule has 2 unspecified atom stereocenters. The third-order valence-electron chi connectivity index (χ3n) is 5.23. The number of hydrogen-bond donors (Lipinski definition) is 3. The Morgan fingerprint density at radius 1 is 0.818 bits per heavy atom. The molecule has 0 aliphatic carbocycles. The molecule has 7 nitrogen and oxygen atoms in total. The van der Waals surface area contributed by atoms with Crippen LogP contribution in [0.5, 0.6) is 0 Å². The van der Waals surface area contributed by atoms with E-state index >= 15 is 0 Å². The first-order valence-corrected chi connectivity index (χ1v) is 8.94. The molecule has 0 aromatic carbocycles. The Bertz CT molecular complexity index is 395. The molecule has 3 fully saturated rings. The van der Waals surface area contributed by atoms with E-state index in [1.807, 2.05) is 0 Å². The highest BCUT2D eigenvalue weighted by Crippen LogP contribution is 2.17. The second-order valence-electron chi connectivity index (χ2n) is 6.76. The van der Waals surface area contributed by atoms with Gasteiger partial charge in [0.15, 0.2) is 12.2 Å². The highest BCUT2D eigenvalue weighted by Gasteiger charge is 2.34. The number of nitrogens with zero attached hydrogens (tertiary/aromatic N) is 4. The molecular weight excluding hydrogens is 278 g/mol. The largest absolute Gasteiger partial charge is 0.340 e. The van der Waals surface area contributed by atoms with Gasteiger partial charge in [-0.2, -0.15) is 0 Å². The molecule has 0 saturated carbocycles. The second-order valence-corrected chi connectivity index (χ2v) is 6.76. The molecular formula is C15H29N7. The third kappa shape index (κ3) is 3.08. The Morgan fingerprint density at radius 3 is 2.14 bits per heavy atom. The van der Waals surface area contributed by atoms with E-state index in [-0.39, 0.29) is 12.6 Å². The van der Waals surface area contributed by atoms with Gasteiger partial charge in [-0.05, 0) is 25.7 Å². The number of guanidine groups is 1. The number of rotatable bonds is 2. The zero-order valence-electron chi connectivity index (χ0n) is 13.4. The van der Waals surface area contributed by atoms with Crippen molar-refractivity contribution in [2.24, 2.45) is 4.99 Å². The maximum atomic E-state index is 5.00. The minimum Gasteiger partial charge on any atom is -0.340 e. The predicted molar refractivity (Wildman–Crippen MR) is 87.3 cm³/mol. The lowest BCUT2D eigenvalue weighted by atomic mass is 10.3. The molecule has 0 radical (unpaired) electrons. The van der Waals surface area contributed by atoms with Gasteiger partial charge < -0.3 is 15.5 Å². The summed E-state index contributed by atoms with van der Waals surface area (Å²) in [5.74, 6) is 1.09. The van der Waals surface area contributed by atoms with E-state index in [4.69, 9.17) is 4.99 Å². The van der Waals surface area contributed by atoms with E-state index in [1.54, 1.807) is 0 Å². The Kier molecular flexibility index (Phi) is 4.47. The van der Waals surface area contributed by atoms with Crippen LogP contribution < -0.4 is 16.0 Å². The van der Waals surface area contributed by atoms with E-state index in [0.717, 1.165) is 32.1 Å². The summed E-state index contributed by atoms with van der Waals surface area (Å²) in [6.45, 7) is 8.91. The summed E-state index contributed by atoms with van der Waals surface area (Å²) >= 11 is 0. The third-order valence-corrected chi connectivity index (χ3v) is 5.23. The molecule has 3 N–H and O–H groups in total. The van der Waals surface area contributed by atoms with E-state index in [2.05, 4.69) is 30.7 Å². The van der Waals surface area contributed by atoms with E-state index in [1.165, 1.54) is 51.9 Å². The lowest BCUT2D eigenvalue weighted by Crippen LogP contribution is -2.68. The fourth-order valence-electron chi connectivity index (χ4n) is 3.91. The van der Waals surface area contributed by atoms with Crippen LogP contribution in [0.4, 0.5) is 0 Å². The van der Waals surface area contributed by atoms with Gasteiger partial charge in [0.25, 0.3) is 0 Å². The molecule has 0 amide bonds. The number of hydrogen-bond acceptors (Lipinski definition) is 7. The highest BCUT2D eigenvalue weighted by atomic mass is 15.5. The summed E-state index contributed by atoms with van der Waals surface area (Å²) in [5, 5.41) is 10.8. The van der Waals surface area contributed by atoms with E-state index in [9.17, 15) is 0 Å². The predicted octanol–water partition coefficient (Wildman–Crippen LogP) is -0.801. The van der Waals surface area contributed by atoms with Gasteiger partial charge in [-0.25, -0.2) is 10.3 Å². The maximum absolute atomic E-state index is 5.00. The molecule has 4 aliphatic rings. The minimum atomic E-state index is 0.138. The van der Waals surface area contributed by atoms with Crippen molar-refractivity contribution in [2.75, 3.05) is 52.4 Å². The summed E-state index contributed by atoms with van der Waals surface area (Å²) in [5.41, 5.74) is 0. The normalized spacial score (nSPS) is 34.7. The smallest absolute Gasteiger partial charge is 0.199 e. The van der Waals surface area contributed by atoms with E-state index in [0.29, 0.717) is 0 Å². The molecule has 0 aromatic heterocycles. The zero-order chi connectivity index (χ0) is 14.8. The average Bonchev–Trinajstić information content (AvgIpc) is 3.29.